The van der Waals surface area contributed by atoms with E-state index in [-0.39, 0.29) is 5.69 Å². The molecule has 0 aliphatic rings. The van der Waals surface area contributed by atoms with Gasteiger partial charge in [0.1, 0.15) is 5.00 Å². The fraction of sp³-hybridized carbons (Fsp3) is 0. The first-order chi connectivity index (χ1) is 8.16. The highest BCUT2D eigenvalue weighted by Gasteiger charge is 2.11. The molecule has 0 aliphatic carbocycles. The maximum absolute atomic E-state index is 11.9. The van der Waals surface area contributed by atoms with Crippen molar-refractivity contribution in [2.45, 2.75) is 0 Å². The van der Waals surface area contributed by atoms with Gasteiger partial charge in [0.15, 0.2) is 0 Å². The number of H-pyrrole nitrogens is 1. The summed E-state index contributed by atoms with van der Waals surface area (Å²) in [5.74, 6) is 0. The molecule has 0 spiro atoms. The molecule has 0 radical (unpaired) electrons. The van der Waals surface area contributed by atoms with Crippen LogP contribution >= 0.6 is 34.5 Å². The molecule has 2 aromatic heterocycles. The quantitative estimate of drug-likeness (QED) is 0.727. The summed E-state index contributed by atoms with van der Waals surface area (Å²) < 4.78 is 2.21. The van der Waals surface area contributed by atoms with Crippen LogP contribution in [0.25, 0.3) is 16.0 Å². The van der Waals surface area contributed by atoms with Gasteiger partial charge >= 0.3 is 5.69 Å². The second-order valence-corrected chi connectivity index (χ2v) is 5.58. The molecule has 3 nitrogen and oxygen atoms in total. The molecule has 0 bridgehead atoms. The van der Waals surface area contributed by atoms with Gasteiger partial charge in [-0.1, -0.05) is 29.3 Å². The number of aromatic nitrogens is 2. The summed E-state index contributed by atoms with van der Waals surface area (Å²) in [6.45, 7) is 0. The van der Waals surface area contributed by atoms with Crippen LogP contribution in [0, 0.1) is 0 Å². The standard InChI is InChI=1S/C11H6Cl2N2OS/c12-6-2-1-3-7-10(6)14-11(16)15(7)9-5-4-8(13)17-9/h1-5H,(H,14,16). The molecule has 0 fully saturated rings. The molecule has 3 rings (SSSR count). The van der Waals surface area contributed by atoms with Crippen molar-refractivity contribution < 1.29 is 0 Å². The van der Waals surface area contributed by atoms with E-state index >= 15 is 0 Å². The Morgan fingerprint density at radius 3 is 2.71 bits per heavy atom. The smallest absolute Gasteiger partial charge is 0.304 e. The van der Waals surface area contributed by atoms with Crippen LogP contribution < -0.4 is 5.69 Å². The maximum Gasteiger partial charge on any atom is 0.331 e. The number of benzene rings is 1. The van der Waals surface area contributed by atoms with Gasteiger partial charge in [-0.15, -0.1) is 11.3 Å². The van der Waals surface area contributed by atoms with E-state index in [1.54, 1.807) is 16.7 Å². The Morgan fingerprint density at radius 1 is 1.18 bits per heavy atom. The number of aromatic amines is 1. The molecule has 6 heteroatoms. The van der Waals surface area contributed by atoms with Crippen LogP contribution in [0.3, 0.4) is 0 Å². The molecule has 17 heavy (non-hydrogen) atoms. The Balaban J connectivity index is 2.40. The summed E-state index contributed by atoms with van der Waals surface area (Å²) in [6, 6.07) is 8.96. The number of thiophene rings is 1. The van der Waals surface area contributed by atoms with Gasteiger partial charge in [-0.25, -0.2) is 4.79 Å². The van der Waals surface area contributed by atoms with Crippen molar-refractivity contribution in [2.75, 3.05) is 0 Å². The Hall–Kier alpha value is -1.23. The second-order valence-electron chi connectivity index (χ2n) is 3.48. The second kappa shape index (κ2) is 3.91. The zero-order chi connectivity index (χ0) is 12.0. The lowest BCUT2D eigenvalue weighted by Gasteiger charge is -1.98. The molecule has 86 valence electrons. The number of rotatable bonds is 1. The monoisotopic (exact) mass is 284 g/mol. The number of imidazole rings is 1. The molecule has 3 aromatic rings. The molecule has 0 saturated carbocycles. The van der Waals surface area contributed by atoms with Gasteiger partial charge in [-0.05, 0) is 24.3 Å². The topological polar surface area (TPSA) is 37.8 Å². The Bertz CT molecular complexity index is 756. The predicted molar refractivity (Wildman–Crippen MR) is 71.8 cm³/mol. The largest absolute Gasteiger partial charge is 0.331 e. The van der Waals surface area contributed by atoms with Crippen LogP contribution in [0.4, 0.5) is 0 Å². The number of para-hydroxylation sites is 1. The number of hydrogen-bond donors (Lipinski definition) is 1. The minimum absolute atomic E-state index is 0.216. The van der Waals surface area contributed by atoms with E-state index in [1.807, 2.05) is 18.2 Å². The summed E-state index contributed by atoms with van der Waals surface area (Å²) in [5, 5.41) is 1.30. The summed E-state index contributed by atoms with van der Waals surface area (Å²) in [5.41, 5.74) is 1.18. The minimum Gasteiger partial charge on any atom is -0.304 e. The van der Waals surface area contributed by atoms with Gasteiger partial charge in [0.25, 0.3) is 0 Å². The van der Waals surface area contributed by atoms with Crippen molar-refractivity contribution >= 4 is 45.6 Å². The molecular formula is C11H6Cl2N2OS. The number of fused-ring (bicyclic) bond motifs is 1. The van der Waals surface area contributed by atoms with Gasteiger partial charge in [-0.2, -0.15) is 0 Å². The van der Waals surface area contributed by atoms with Crippen molar-refractivity contribution in [2.24, 2.45) is 0 Å². The van der Waals surface area contributed by atoms with E-state index in [2.05, 4.69) is 4.98 Å². The van der Waals surface area contributed by atoms with E-state index < -0.39 is 0 Å². The van der Waals surface area contributed by atoms with Crippen LogP contribution in [-0.4, -0.2) is 9.55 Å². The molecule has 0 atom stereocenters. The van der Waals surface area contributed by atoms with E-state index in [0.717, 1.165) is 10.5 Å². The highest BCUT2D eigenvalue weighted by molar-refractivity contribution is 7.18. The van der Waals surface area contributed by atoms with Crippen LogP contribution in [-0.2, 0) is 0 Å². The highest BCUT2D eigenvalue weighted by Crippen LogP contribution is 2.28. The zero-order valence-corrected chi connectivity index (χ0v) is 10.7. The number of hydrogen-bond acceptors (Lipinski definition) is 2. The van der Waals surface area contributed by atoms with E-state index in [4.69, 9.17) is 23.2 Å². The molecule has 2 heterocycles. The highest BCUT2D eigenvalue weighted by atomic mass is 35.5. The van der Waals surface area contributed by atoms with Crippen molar-refractivity contribution in [1.82, 2.24) is 9.55 Å². The van der Waals surface area contributed by atoms with Gasteiger partial charge in [0.2, 0.25) is 0 Å². The van der Waals surface area contributed by atoms with Gasteiger partial charge in [-0.3, -0.25) is 4.57 Å². The lowest BCUT2D eigenvalue weighted by Crippen LogP contribution is -2.13. The third-order valence-corrected chi connectivity index (χ3v) is 3.98. The lowest BCUT2D eigenvalue weighted by atomic mass is 10.3. The van der Waals surface area contributed by atoms with Crippen LogP contribution in [0.5, 0.6) is 0 Å². The first-order valence-corrected chi connectivity index (χ1v) is 6.39. The third kappa shape index (κ3) is 1.69. The molecule has 0 amide bonds. The molecule has 0 aliphatic heterocycles. The maximum atomic E-state index is 11.9. The molecular weight excluding hydrogens is 279 g/mol. The van der Waals surface area contributed by atoms with Crippen molar-refractivity contribution in [3.63, 3.8) is 0 Å². The molecule has 1 N–H and O–H groups in total. The Labute approximate surface area is 110 Å². The van der Waals surface area contributed by atoms with E-state index in [9.17, 15) is 4.79 Å². The van der Waals surface area contributed by atoms with Crippen LogP contribution in [0.1, 0.15) is 0 Å². The number of halogens is 2. The predicted octanol–water partition coefficient (Wildman–Crippen LogP) is 3.69. The van der Waals surface area contributed by atoms with Crippen molar-refractivity contribution in [3.05, 3.63) is 50.2 Å². The van der Waals surface area contributed by atoms with Crippen molar-refractivity contribution in [3.8, 4) is 5.00 Å². The summed E-state index contributed by atoms with van der Waals surface area (Å²) >= 11 is 13.3. The fourth-order valence-electron chi connectivity index (χ4n) is 1.74. The summed E-state index contributed by atoms with van der Waals surface area (Å²) in [6.07, 6.45) is 0. The fourth-order valence-corrected chi connectivity index (χ4v) is 3.00. The minimum atomic E-state index is -0.216. The summed E-state index contributed by atoms with van der Waals surface area (Å²) in [7, 11) is 0. The van der Waals surface area contributed by atoms with E-state index in [0.29, 0.717) is 14.9 Å². The van der Waals surface area contributed by atoms with E-state index in [1.165, 1.54) is 11.3 Å². The third-order valence-electron chi connectivity index (χ3n) is 2.45. The van der Waals surface area contributed by atoms with Gasteiger partial charge in [0, 0.05) is 0 Å². The van der Waals surface area contributed by atoms with Gasteiger partial charge in [0.05, 0.1) is 20.4 Å². The average Bonchev–Trinajstić information content (AvgIpc) is 2.82. The van der Waals surface area contributed by atoms with Crippen molar-refractivity contribution in [1.29, 1.82) is 0 Å². The lowest BCUT2D eigenvalue weighted by molar-refractivity contribution is 1.04. The molecule has 0 unspecified atom stereocenters. The zero-order valence-electron chi connectivity index (χ0n) is 8.41. The number of nitrogens with one attached hydrogen (secondary N) is 1. The molecule has 0 saturated heterocycles. The Morgan fingerprint density at radius 2 is 2.00 bits per heavy atom. The van der Waals surface area contributed by atoms with Crippen LogP contribution in [0.2, 0.25) is 9.36 Å². The molecule has 1 aromatic carbocycles. The first kappa shape index (κ1) is 10.9. The van der Waals surface area contributed by atoms with Gasteiger partial charge < -0.3 is 4.98 Å². The first-order valence-electron chi connectivity index (χ1n) is 4.82. The Kier molecular flexibility index (Phi) is 2.50. The van der Waals surface area contributed by atoms with Crippen LogP contribution in [0.15, 0.2) is 35.1 Å². The SMILES string of the molecule is O=c1[nH]c2c(Cl)cccc2n1-c1ccc(Cl)s1. The summed E-state index contributed by atoms with van der Waals surface area (Å²) in [4.78, 5) is 14.7. The normalized spacial score (nSPS) is 11.2. The average molecular weight is 285 g/mol. The number of nitrogens with zero attached hydrogens (tertiary/aromatic N) is 1.